The van der Waals surface area contributed by atoms with Crippen LogP contribution < -0.4 is 16.0 Å². The van der Waals surface area contributed by atoms with Crippen LogP contribution in [0.4, 0.5) is 11.5 Å². The molecule has 32 heavy (non-hydrogen) atoms. The van der Waals surface area contributed by atoms with Gasteiger partial charge in [0.05, 0.1) is 36.4 Å². The molecule has 0 unspecified atom stereocenters. The lowest BCUT2D eigenvalue weighted by atomic mass is 9.73. The third-order valence-electron chi connectivity index (χ3n) is 6.76. The van der Waals surface area contributed by atoms with Crippen molar-refractivity contribution in [2.75, 3.05) is 29.9 Å². The molecule has 0 aliphatic carbocycles. The minimum Gasteiger partial charge on any atom is -0.506 e. The average Bonchev–Trinajstić information content (AvgIpc) is 3.04. The van der Waals surface area contributed by atoms with E-state index in [2.05, 4.69) is 10.2 Å². The predicted molar refractivity (Wildman–Crippen MR) is 121 cm³/mol. The summed E-state index contributed by atoms with van der Waals surface area (Å²) in [4.78, 5) is 23.1. The topological polar surface area (TPSA) is 134 Å². The Kier molecular flexibility index (Phi) is 6.07. The number of anilines is 2. The molecule has 0 saturated carbocycles. The fourth-order valence-corrected chi connectivity index (χ4v) is 4.78. The van der Waals surface area contributed by atoms with Crippen molar-refractivity contribution in [3.05, 3.63) is 29.6 Å². The molecule has 1 aromatic heterocycles. The summed E-state index contributed by atoms with van der Waals surface area (Å²) in [6.07, 6.45) is 1.89. The summed E-state index contributed by atoms with van der Waals surface area (Å²) in [5, 5.41) is 22.7. The van der Waals surface area contributed by atoms with Gasteiger partial charge in [-0.15, -0.1) is 0 Å². The second kappa shape index (κ2) is 8.65. The summed E-state index contributed by atoms with van der Waals surface area (Å²) >= 11 is 0. The molecule has 2 saturated heterocycles. The third-order valence-corrected chi connectivity index (χ3v) is 6.76. The summed E-state index contributed by atoms with van der Waals surface area (Å²) in [7, 11) is 0. The number of phenolic OH excluding ortho intramolecular Hbond substituents is 1. The Morgan fingerprint density at radius 2 is 2.06 bits per heavy atom. The van der Waals surface area contributed by atoms with Crippen molar-refractivity contribution in [2.24, 2.45) is 11.1 Å². The molecule has 2 aliphatic rings. The Morgan fingerprint density at radius 1 is 1.34 bits per heavy atom. The normalized spacial score (nSPS) is 22.3. The summed E-state index contributed by atoms with van der Waals surface area (Å²) in [5.74, 6) is 0.375. The number of rotatable bonds is 4. The van der Waals surface area contributed by atoms with Gasteiger partial charge in [-0.25, -0.2) is 9.97 Å². The molecule has 1 spiro atoms. The Bertz CT molecular complexity index is 1020. The number of carbonyl (C=O) groups excluding carboxylic acids is 1. The zero-order chi connectivity index (χ0) is 23.0. The SMILES string of the molecule is CC(=O)Nc1cc(-c2nc(CO)c(N3CCC4(CC3)CO[C@@H](C)[C@H]4N)nc2C)ccc1O. The van der Waals surface area contributed by atoms with Gasteiger partial charge in [-0.3, -0.25) is 4.79 Å². The van der Waals surface area contributed by atoms with E-state index in [4.69, 9.17) is 20.4 Å². The van der Waals surface area contributed by atoms with Crippen molar-refractivity contribution in [1.29, 1.82) is 0 Å². The monoisotopic (exact) mass is 441 g/mol. The highest BCUT2D eigenvalue weighted by molar-refractivity contribution is 5.91. The highest BCUT2D eigenvalue weighted by Crippen LogP contribution is 2.42. The molecule has 0 bridgehead atoms. The van der Waals surface area contributed by atoms with E-state index in [9.17, 15) is 15.0 Å². The fraction of sp³-hybridized carbons (Fsp3) is 0.522. The van der Waals surface area contributed by atoms with E-state index in [1.165, 1.54) is 13.0 Å². The van der Waals surface area contributed by atoms with Crippen LogP contribution in [0.3, 0.4) is 0 Å². The number of nitrogens with one attached hydrogen (secondary N) is 1. The number of hydrogen-bond donors (Lipinski definition) is 4. The Hall–Kier alpha value is -2.75. The number of carbonyl (C=O) groups is 1. The molecule has 2 fully saturated rings. The Labute approximate surface area is 187 Å². The van der Waals surface area contributed by atoms with Crippen molar-refractivity contribution in [3.63, 3.8) is 0 Å². The zero-order valence-electron chi connectivity index (χ0n) is 18.8. The van der Waals surface area contributed by atoms with E-state index in [1.807, 2.05) is 13.8 Å². The van der Waals surface area contributed by atoms with Gasteiger partial charge in [-0.2, -0.15) is 0 Å². The van der Waals surface area contributed by atoms with Crippen LogP contribution in [-0.2, 0) is 16.1 Å². The van der Waals surface area contributed by atoms with Crippen LogP contribution in [0.15, 0.2) is 18.2 Å². The smallest absolute Gasteiger partial charge is 0.221 e. The van der Waals surface area contributed by atoms with Gasteiger partial charge in [0.1, 0.15) is 11.4 Å². The van der Waals surface area contributed by atoms with Crippen LogP contribution in [-0.4, -0.2) is 57.9 Å². The van der Waals surface area contributed by atoms with Crippen LogP contribution in [0.2, 0.25) is 0 Å². The largest absolute Gasteiger partial charge is 0.506 e. The quantitative estimate of drug-likeness (QED) is 0.529. The van der Waals surface area contributed by atoms with Gasteiger partial charge in [0.25, 0.3) is 0 Å². The van der Waals surface area contributed by atoms with E-state index in [-0.39, 0.29) is 35.8 Å². The number of aliphatic hydroxyl groups is 1. The van der Waals surface area contributed by atoms with Crippen molar-refractivity contribution in [3.8, 4) is 17.0 Å². The molecule has 5 N–H and O–H groups in total. The summed E-state index contributed by atoms with van der Waals surface area (Å²) in [6.45, 7) is 7.27. The van der Waals surface area contributed by atoms with E-state index < -0.39 is 0 Å². The highest BCUT2D eigenvalue weighted by Gasteiger charge is 2.47. The number of aromatic hydroxyl groups is 1. The first-order chi connectivity index (χ1) is 15.2. The Balaban J connectivity index is 1.61. The van der Waals surface area contributed by atoms with Crippen LogP contribution in [0, 0.1) is 12.3 Å². The second-order valence-electron chi connectivity index (χ2n) is 8.89. The third kappa shape index (κ3) is 4.03. The molecule has 9 nitrogen and oxygen atoms in total. The van der Waals surface area contributed by atoms with Crippen LogP contribution in [0.25, 0.3) is 11.3 Å². The molecule has 3 heterocycles. The number of nitrogens with two attached hydrogens (primary N) is 1. The van der Waals surface area contributed by atoms with Crippen LogP contribution in [0.1, 0.15) is 38.1 Å². The van der Waals surface area contributed by atoms with Gasteiger partial charge < -0.3 is 30.9 Å². The molecule has 2 aliphatic heterocycles. The maximum Gasteiger partial charge on any atom is 0.221 e. The van der Waals surface area contributed by atoms with Gasteiger partial charge in [0.15, 0.2) is 5.82 Å². The minimum atomic E-state index is -0.281. The molecule has 0 radical (unpaired) electrons. The van der Waals surface area contributed by atoms with Crippen molar-refractivity contribution in [2.45, 2.75) is 52.4 Å². The molecule has 2 atom stereocenters. The number of aryl methyl sites for hydroxylation is 1. The Morgan fingerprint density at radius 3 is 2.66 bits per heavy atom. The summed E-state index contributed by atoms with van der Waals surface area (Å²) in [5.41, 5.74) is 9.23. The lowest BCUT2D eigenvalue weighted by Gasteiger charge is -2.42. The standard InChI is InChI=1S/C23H31N5O4/c1-13-20(16-4-5-19(31)17(10-16)26-15(3)30)27-18(11-29)22(25-13)28-8-6-23(7-9-28)12-32-14(2)21(23)24/h4-5,10,14,21,29,31H,6-9,11-12,24H2,1-3H3,(H,26,30)/t14-,21+/m0/s1. The number of ether oxygens (including phenoxy) is 1. The predicted octanol–water partition coefficient (Wildman–Crippen LogP) is 1.94. The number of aromatic nitrogens is 2. The maximum absolute atomic E-state index is 11.4. The lowest BCUT2D eigenvalue weighted by Crippen LogP contribution is -2.51. The summed E-state index contributed by atoms with van der Waals surface area (Å²) < 4.78 is 5.81. The molecule has 9 heteroatoms. The molecule has 172 valence electrons. The molecule has 4 rings (SSSR count). The maximum atomic E-state index is 11.4. The summed E-state index contributed by atoms with van der Waals surface area (Å²) in [6, 6.07) is 4.91. The van der Waals surface area contributed by atoms with Crippen LogP contribution >= 0.6 is 0 Å². The number of amides is 1. The second-order valence-corrected chi connectivity index (χ2v) is 8.89. The van der Waals surface area contributed by atoms with E-state index >= 15 is 0 Å². The molecular formula is C23H31N5O4. The molecule has 2 aromatic rings. The fourth-order valence-electron chi connectivity index (χ4n) is 4.78. The van der Waals surface area contributed by atoms with E-state index in [1.54, 1.807) is 12.1 Å². The lowest BCUT2D eigenvalue weighted by molar-refractivity contribution is -0.114. The number of nitrogens with zero attached hydrogens (tertiary/aromatic N) is 3. The number of hydrogen-bond acceptors (Lipinski definition) is 8. The number of benzene rings is 1. The molecule has 1 amide bonds. The average molecular weight is 442 g/mol. The first kappa shape index (κ1) is 22.4. The first-order valence-corrected chi connectivity index (χ1v) is 11.0. The highest BCUT2D eigenvalue weighted by atomic mass is 16.5. The van der Waals surface area contributed by atoms with Crippen LogP contribution in [0.5, 0.6) is 5.75 Å². The van der Waals surface area contributed by atoms with Crippen molar-refractivity contribution < 1.29 is 19.7 Å². The van der Waals surface area contributed by atoms with Crippen molar-refractivity contribution in [1.82, 2.24) is 9.97 Å². The van der Waals surface area contributed by atoms with Gasteiger partial charge in [0.2, 0.25) is 5.91 Å². The van der Waals surface area contributed by atoms with Gasteiger partial charge in [-0.05, 0) is 44.9 Å². The van der Waals surface area contributed by atoms with Crippen molar-refractivity contribution >= 4 is 17.4 Å². The van der Waals surface area contributed by atoms with Gasteiger partial charge in [-0.1, -0.05) is 0 Å². The van der Waals surface area contributed by atoms with Gasteiger partial charge >= 0.3 is 0 Å². The zero-order valence-corrected chi connectivity index (χ0v) is 18.8. The number of piperidine rings is 1. The van der Waals surface area contributed by atoms with E-state index in [0.29, 0.717) is 40.8 Å². The molecule has 1 aromatic carbocycles. The molecular weight excluding hydrogens is 410 g/mol. The number of aliphatic hydroxyl groups excluding tert-OH is 1. The first-order valence-electron chi connectivity index (χ1n) is 11.0. The van der Waals surface area contributed by atoms with E-state index in [0.717, 1.165) is 25.9 Å². The number of phenols is 1. The minimum absolute atomic E-state index is 0.00383. The van der Waals surface area contributed by atoms with Gasteiger partial charge in [0, 0.05) is 37.0 Å².